The zero-order valence-electron chi connectivity index (χ0n) is 16.6. The molecule has 3 heteroatoms. The second kappa shape index (κ2) is 6.63. The second-order valence-corrected chi connectivity index (χ2v) is 10.5. The number of hydrogen-bond acceptors (Lipinski definition) is 2. The monoisotopic (exact) mass is 334 g/mol. The minimum Gasteiger partial charge on any atom is -0.339 e. The van der Waals surface area contributed by atoms with Crippen LogP contribution in [0.25, 0.3) is 0 Å². The van der Waals surface area contributed by atoms with Gasteiger partial charge in [-0.05, 0) is 74.9 Å². The zero-order valence-corrected chi connectivity index (χ0v) is 16.6. The highest BCUT2D eigenvalue weighted by Gasteiger charge is 2.51. The minimum atomic E-state index is 0.284. The number of likely N-dealkylation sites (tertiary alicyclic amines) is 2. The average Bonchev–Trinajstić information content (AvgIpc) is 2.74. The molecule has 2 saturated heterocycles. The van der Waals surface area contributed by atoms with Gasteiger partial charge < -0.3 is 9.80 Å². The SMILES string of the molecule is CC(C)CCN1CCC(C(=O)N2CC3(C)CC2CC(C)(C)C3)CC1. The molecule has 2 unspecified atom stereocenters. The van der Waals surface area contributed by atoms with Crippen molar-refractivity contribution < 1.29 is 4.79 Å². The van der Waals surface area contributed by atoms with E-state index in [1.165, 1.54) is 32.2 Å². The molecule has 3 aliphatic rings. The quantitative estimate of drug-likeness (QED) is 0.770. The normalized spacial score (nSPS) is 34.1. The molecule has 2 atom stereocenters. The van der Waals surface area contributed by atoms with E-state index < -0.39 is 0 Å². The van der Waals surface area contributed by atoms with E-state index in [1.54, 1.807) is 0 Å². The number of nitrogens with zero attached hydrogens (tertiary/aromatic N) is 2. The van der Waals surface area contributed by atoms with E-state index in [4.69, 9.17) is 0 Å². The van der Waals surface area contributed by atoms with Crippen molar-refractivity contribution in [1.82, 2.24) is 9.80 Å². The van der Waals surface area contributed by atoms with Crippen LogP contribution in [-0.2, 0) is 4.79 Å². The molecule has 1 aliphatic carbocycles. The van der Waals surface area contributed by atoms with Gasteiger partial charge in [-0.1, -0.05) is 34.6 Å². The predicted molar refractivity (Wildman–Crippen MR) is 99.9 cm³/mol. The predicted octanol–water partition coefficient (Wildman–Crippen LogP) is 4.17. The molecule has 2 aliphatic heterocycles. The Morgan fingerprint density at radius 3 is 2.42 bits per heavy atom. The highest BCUT2D eigenvalue weighted by molar-refractivity contribution is 5.79. The summed E-state index contributed by atoms with van der Waals surface area (Å²) in [4.78, 5) is 18.0. The third-order valence-corrected chi connectivity index (χ3v) is 6.66. The molecule has 1 saturated carbocycles. The molecule has 3 nitrogen and oxygen atoms in total. The Morgan fingerprint density at radius 2 is 1.79 bits per heavy atom. The molecule has 2 bridgehead atoms. The maximum atomic E-state index is 13.2. The molecule has 0 radical (unpaired) electrons. The van der Waals surface area contributed by atoms with Crippen molar-refractivity contribution in [3.05, 3.63) is 0 Å². The minimum absolute atomic E-state index is 0.284. The van der Waals surface area contributed by atoms with Crippen molar-refractivity contribution in [2.75, 3.05) is 26.2 Å². The largest absolute Gasteiger partial charge is 0.339 e. The summed E-state index contributed by atoms with van der Waals surface area (Å²) < 4.78 is 0. The van der Waals surface area contributed by atoms with Crippen molar-refractivity contribution >= 4 is 5.91 Å². The van der Waals surface area contributed by atoms with Crippen LogP contribution in [0.1, 0.15) is 73.1 Å². The van der Waals surface area contributed by atoms with E-state index in [-0.39, 0.29) is 5.92 Å². The van der Waals surface area contributed by atoms with E-state index in [0.29, 0.717) is 22.8 Å². The lowest BCUT2D eigenvalue weighted by Gasteiger charge is -2.40. The van der Waals surface area contributed by atoms with Crippen LogP contribution in [0, 0.1) is 22.7 Å². The third kappa shape index (κ3) is 3.98. The van der Waals surface area contributed by atoms with Gasteiger partial charge >= 0.3 is 0 Å². The first-order valence-electron chi connectivity index (χ1n) is 10.2. The zero-order chi connectivity index (χ0) is 17.5. The van der Waals surface area contributed by atoms with Gasteiger partial charge in [-0.2, -0.15) is 0 Å². The number of piperidine rings is 1. The Labute approximate surface area is 149 Å². The van der Waals surface area contributed by atoms with Gasteiger partial charge in [0.25, 0.3) is 0 Å². The van der Waals surface area contributed by atoms with Gasteiger partial charge in [0, 0.05) is 18.5 Å². The lowest BCUT2D eigenvalue weighted by Crippen LogP contribution is -2.45. The van der Waals surface area contributed by atoms with E-state index in [0.717, 1.165) is 38.4 Å². The van der Waals surface area contributed by atoms with Gasteiger partial charge in [-0.3, -0.25) is 4.79 Å². The van der Waals surface area contributed by atoms with Crippen LogP contribution in [0.3, 0.4) is 0 Å². The van der Waals surface area contributed by atoms with E-state index >= 15 is 0 Å². The Bertz CT molecular complexity index is 464. The Kier molecular flexibility index (Phi) is 5.03. The smallest absolute Gasteiger partial charge is 0.226 e. The van der Waals surface area contributed by atoms with Crippen molar-refractivity contribution in [3.8, 4) is 0 Å². The van der Waals surface area contributed by atoms with Gasteiger partial charge in [0.15, 0.2) is 0 Å². The molecule has 1 amide bonds. The highest BCUT2D eigenvalue weighted by atomic mass is 16.2. The Balaban J connectivity index is 1.55. The molecule has 3 fully saturated rings. The summed E-state index contributed by atoms with van der Waals surface area (Å²) >= 11 is 0. The number of carbonyl (C=O) groups is 1. The van der Waals surface area contributed by atoms with E-state index in [2.05, 4.69) is 44.4 Å². The molecule has 0 spiro atoms. The number of amides is 1. The molecular formula is C21H38N2O. The molecule has 138 valence electrons. The summed E-state index contributed by atoms with van der Waals surface area (Å²) in [7, 11) is 0. The van der Waals surface area contributed by atoms with Crippen molar-refractivity contribution in [2.24, 2.45) is 22.7 Å². The fourth-order valence-electron chi connectivity index (χ4n) is 5.80. The van der Waals surface area contributed by atoms with Gasteiger partial charge in [0.2, 0.25) is 5.91 Å². The number of rotatable bonds is 4. The Hall–Kier alpha value is -0.570. The van der Waals surface area contributed by atoms with Crippen molar-refractivity contribution in [3.63, 3.8) is 0 Å². The van der Waals surface area contributed by atoms with E-state index in [9.17, 15) is 4.79 Å². The van der Waals surface area contributed by atoms with Crippen molar-refractivity contribution in [1.29, 1.82) is 0 Å². The molecular weight excluding hydrogens is 296 g/mol. The topological polar surface area (TPSA) is 23.6 Å². The third-order valence-electron chi connectivity index (χ3n) is 6.66. The summed E-state index contributed by atoms with van der Waals surface area (Å²) in [6.45, 7) is 16.2. The fourth-order valence-corrected chi connectivity index (χ4v) is 5.80. The van der Waals surface area contributed by atoms with E-state index in [1.807, 2.05) is 0 Å². The number of carbonyl (C=O) groups excluding carboxylic acids is 1. The van der Waals surface area contributed by atoms with Crippen LogP contribution in [0.5, 0.6) is 0 Å². The van der Waals surface area contributed by atoms with Crippen LogP contribution in [0.4, 0.5) is 0 Å². The molecule has 2 heterocycles. The summed E-state index contributed by atoms with van der Waals surface area (Å²) in [5.41, 5.74) is 0.757. The lowest BCUT2D eigenvalue weighted by molar-refractivity contribution is -0.138. The van der Waals surface area contributed by atoms with Gasteiger partial charge in [0.1, 0.15) is 0 Å². The first kappa shape index (κ1) is 18.2. The summed E-state index contributed by atoms with van der Waals surface area (Å²) in [5, 5.41) is 0. The molecule has 0 N–H and O–H groups in total. The fraction of sp³-hybridized carbons (Fsp3) is 0.952. The summed E-state index contributed by atoms with van der Waals surface area (Å²) in [5.74, 6) is 1.54. The number of fused-ring (bicyclic) bond motifs is 2. The average molecular weight is 335 g/mol. The first-order chi connectivity index (χ1) is 11.2. The molecule has 0 aromatic carbocycles. The first-order valence-corrected chi connectivity index (χ1v) is 10.2. The van der Waals surface area contributed by atoms with Gasteiger partial charge in [-0.25, -0.2) is 0 Å². The van der Waals surface area contributed by atoms with Gasteiger partial charge in [0.05, 0.1) is 0 Å². The molecule has 24 heavy (non-hydrogen) atoms. The van der Waals surface area contributed by atoms with Crippen molar-refractivity contribution in [2.45, 2.75) is 79.2 Å². The van der Waals surface area contributed by atoms with Crippen LogP contribution < -0.4 is 0 Å². The molecule has 0 aromatic rings. The maximum Gasteiger partial charge on any atom is 0.226 e. The highest BCUT2D eigenvalue weighted by Crippen LogP contribution is 2.52. The maximum absolute atomic E-state index is 13.2. The van der Waals surface area contributed by atoms with Crippen LogP contribution in [0.15, 0.2) is 0 Å². The van der Waals surface area contributed by atoms with Crippen LogP contribution >= 0.6 is 0 Å². The van der Waals surface area contributed by atoms with Gasteiger partial charge in [-0.15, -0.1) is 0 Å². The molecule has 3 rings (SSSR count). The second-order valence-electron chi connectivity index (χ2n) is 10.5. The standard InChI is InChI=1S/C21H38N2O/c1-16(2)6-9-22-10-7-17(8-11-22)19(24)23-15-21(5)13-18(23)12-20(3,4)14-21/h16-18H,6-15H2,1-5H3. The number of hydrogen-bond donors (Lipinski definition) is 0. The lowest BCUT2D eigenvalue weighted by atomic mass is 9.65. The van der Waals surface area contributed by atoms with Crippen LogP contribution in [-0.4, -0.2) is 47.9 Å². The Morgan fingerprint density at radius 1 is 1.12 bits per heavy atom. The van der Waals surface area contributed by atoms with Crippen LogP contribution in [0.2, 0.25) is 0 Å². The molecule has 0 aromatic heterocycles. The summed E-state index contributed by atoms with van der Waals surface area (Å²) in [6, 6.07) is 0.505. The summed E-state index contributed by atoms with van der Waals surface area (Å²) in [6.07, 6.45) is 7.12.